The molecule has 1 saturated heterocycles. The van der Waals surface area contributed by atoms with Crippen molar-refractivity contribution in [2.24, 2.45) is 10.9 Å². The number of piperidine rings is 1. The second-order valence-corrected chi connectivity index (χ2v) is 8.04. The number of benzene rings is 1. The van der Waals surface area contributed by atoms with Crippen molar-refractivity contribution in [1.29, 1.82) is 0 Å². The summed E-state index contributed by atoms with van der Waals surface area (Å²) in [6.45, 7) is 10.6. The maximum Gasteiger partial charge on any atom is 0.225 e. The van der Waals surface area contributed by atoms with Gasteiger partial charge in [-0.15, -0.1) is 0 Å². The van der Waals surface area contributed by atoms with Crippen LogP contribution in [0.5, 0.6) is 0 Å². The summed E-state index contributed by atoms with van der Waals surface area (Å²) in [5, 5.41) is 6.69. The van der Waals surface area contributed by atoms with E-state index in [1.54, 1.807) is 0 Å². The van der Waals surface area contributed by atoms with Crippen molar-refractivity contribution in [1.82, 2.24) is 15.5 Å². The maximum absolute atomic E-state index is 14.0. The number of hydrogen-bond donors (Lipinski definition) is 2. The van der Waals surface area contributed by atoms with Crippen molar-refractivity contribution in [2.75, 3.05) is 26.2 Å². The van der Waals surface area contributed by atoms with Crippen LogP contribution < -0.4 is 10.6 Å². The Morgan fingerprint density at radius 3 is 2.43 bits per heavy atom. The molecule has 1 atom stereocenters. The van der Waals surface area contributed by atoms with Crippen LogP contribution in [0.1, 0.15) is 64.9 Å². The van der Waals surface area contributed by atoms with E-state index in [0.717, 1.165) is 51.4 Å². The number of carbonyl (C=O) groups excluding carboxylic acids is 1. The number of nitrogens with zero attached hydrogens (tertiary/aromatic N) is 2. The van der Waals surface area contributed by atoms with E-state index in [4.69, 9.17) is 0 Å². The predicted octanol–water partition coefficient (Wildman–Crippen LogP) is 4.05. The summed E-state index contributed by atoms with van der Waals surface area (Å²) >= 11 is 0. The van der Waals surface area contributed by atoms with Crippen LogP contribution in [-0.4, -0.2) is 49.0 Å². The molecule has 2 N–H and O–H groups in total. The van der Waals surface area contributed by atoms with Gasteiger partial charge in [-0.05, 0) is 44.2 Å². The Morgan fingerprint density at radius 1 is 1.20 bits per heavy atom. The monoisotopic (exact) mass is 422 g/mol. The highest BCUT2D eigenvalue weighted by atomic mass is 19.1. The van der Waals surface area contributed by atoms with Crippen LogP contribution in [-0.2, 0) is 4.79 Å². The first-order valence-corrected chi connectivity index (χ1v) is 11.2. The lowest BCUT2D eigenvalue weighted by atomic mass is 9.98. The summed E-state index contributed by atoms with van der Waals surface area (Å²) in [4.78, 5) is 19.2. The molecule has 168 valence electrons. The topological polar surface area (TPSA) is 56.7 Å². The molecule has 7 heteroatoms. The smallest absolute Gasteiger partial charge is 0.225 e. The first-order valence-electron chi connectivity index (χ1n) is 11.2. The van der Waals surface area contributed by atoms with Gasteiger partial charge >= 0.3 is 0 Å². The van der Waals surface area contributed by atoms with Crippen LogP contribution in [0.3, 0.4) is 0 Å². The molecule has 1 fully saturated rings. The van der Waals surface area contributed by atoms with Crippen molar-refractivity contribution in [3.8, 4) is 0 Å². The Hall–Kier alpha value is -2.18. The SMILES string of the molecule is CCNC(=NCC(C)c1ccc(F)cc1F)NC1CCN(C(=O)C(CC)CC)CC1. The molecule has 0 aromatic heterocycles. The van der Waals surface area contributed by atoms with Gasteiger partial charge < -0.3 is 15.5 Å². The Labute approximate surface area is 179 Å². The number of nitrogens with one attached hydrogen (secondary N) is 2. The minimum Gasteiger partial charge on any atom is -0.357 e. The molecule has 30 heavy (non-hydrogen) atoms. The summed E-state index contributed by atoms with van der Waals surface area (Å²) in [5.74, 6) is -0.186. The summed E-state index contributed by atoms with van der Waals surface area (Å²) in [7, 11) is 0. The Bertz CT molecular complexity index is 713. The van der Waals surface area contributed by atoms with Gasteiger partial charge in [0.2, 0.25) is 5.91 Å². The van der Waals surface area contributed by atoms with Gasteiger partial charge in [0.1, 0.15) is 11.6 Å². The zero-order chi connectivity index (χ0) is 22.1. The van der Waals surface area contributed by atoms with E-state index < -0.39 is 11.6 Å². The third-order valence-corrected chi connectivity index (χ3v) is 5.84. The standard InChI is InChI=1S/C23H36F2N4O/c1-5-17(6-2)22(30)29-12-10-19(11-13-29)28-23(26-7-3)27-15-16(4)20-9-8-18(24)14-21(20)25/h8-9,14,16-17,19H,5-7,10-13,15H2,1-4H3,(H2,26,27,28). The lowest BCUT2D eigenvalue weighted by molar-refractivity contribution is -0.136. The van der Waals surface area contributed by atoms with E-state index in [1.807, 2.05) is 18.7 Å². The fourth-order valence-electron chi connectivity index (χ4n) is 3.88. The van der Waals surface area contributed by atoms with Gasteiger partial charge in [-0.25, -0.2) is 8.78 Å². The van der Waals surface area contributed by atoms with Gasteiger partial charge in [-0.2, -0.15) is 0 Å². The fraction of sp³-hybridized carbons (Fsp3) is 0.652. The molecule has 2 rings (SSSR count). The average molecular weight is 423 g/mol. The molecule has 1 aromatic rings. The number of rotatable bonds is 8. The summed E-state index contributed by atoms with van der Waals surface area (Å²) in [5.41, 5.74) is 0.462. The number of amides is 1. The molecule has 0 radical (unpaired) electrons. The second kappa shape index (κ2) is 11.9. The molecule has 1 aliphatic rings. The fourth-order valence-corrected chi connectivity index (χ4v) is 3.88. The summed E-state index contributed by atoms with van der Waals surface area (Å²) in [6, 6.07) is 3.91. The highest BCUT2D eigenvalue weighted by molar-refractivity contribution is 5.80. The zero-order valence-electron chi connectivity index (χ0n) is 18.7. The number of likely N-dealkylation sites (tertiary alicyclic amines) is 1. The van der Waals surface area contributed by atoms with Crippen molar-refractivity contribution in [2.45, 2.75) is 65.3 Å². The third-order valence-electron chi connectivity index (χ3n) is 5.84. The van der Waals surface area contributed by atoms with Crippen molar-refractivity contribution in [3.05, 3.63) is 35.4 Å². The van der Waals surface area contributed by atoms with E-state index >= 15 is 0 Å². The van der Waals surface area contributed by atoms with Crippen molar-refractivity contribution < 1.29 is 13.6 Å². The number of guanidine groups is 1. The molecule has 1 unspecified atom stereocenters. The minimum atomic E-state index is -0.573. The normalized spacial score (nSPS) is 16.6. The molecular formula is C23H36F2N4O. The second-order valence-electron chi connectivity index (χ2n) is 8.04. The van der Waals surface area contributed by atoms with Gasteiger partial charge in [0.05, 0.1) is 0 Å². The number of hydrogen-bond acceptors (Lipinski definition) is 2. The quantitative estimate of drug-likeness (QED) is 0.491. The van der Waals surface area contributed by atoms with E-state index in [-0.39, 0.29) is 23.8 Å². The van der Waals surface area contributed by atoms with Crippen molar-refractivity contribution >= 4 is 11.9 Å². The van der Waals surface area contributed by atoms with E-state index in [0.29, 0.717) is 18.1 Å². The van der Waals surface area contributed by atoms with Gasteiger partial charge in [0.15, 0.2) is 5.96 Å². The van der Waals surface area contributed by atoms with Crippen LogP contribution in [0, 0.1) is 17.6 Å². The van der Waals surface area contributed by atoms with E-state index in [2.05, 4.69) is 29.5 Å². The first kappa shape index (κ1) is 24.1. The van der Waals surface area contributed by atoms with Crippen LogP contribution >= 0.6 is 0 Å². The average Bonchev–Trinajstić information content (AvgIpc) is 2.73. The third kappa shape index (κ3) is 6.67. The molecule has 1 heterocycles. The molecule has 0 saturated carbocycles. The van der Waals surface area contributed by atoms with Crippen LogP contribution in [0.25, 0.3) is 0 Å². The molecular weight excluding hydrogens is 386 g/mol. The number of halogens is 2. The Morgan fingerprint density at radius 2 is 1.87 bits per heavy atom. The van der Waals surface area contributed by atoms with Crippen LogP contribution in [0.2, 0.25) is 0 Å². The highest BCUT2D eigenvalue weighted by Crippen LogP contribution is 2.20. The van der Waals surface area contributed by atoms with Gasteiger partial charge in [-0.3, -0.25) is 9.79 Å². The van der Waals surface area contributed by atoms with Crippen LogP contribution in [0.15, 0.2) is 23.2 Å². The van der Waals surface area contributed by atoms with E-state index in [9.17, 15) is 13.6 Å². The molecule has 1 aromatic carbocycles. The van der Waals surface area contributed by atoms with Crippen molar-refractivity contribution in [3.63, 3.8) is 0 Å². The van der Waals surface area contributed by atoms with E-state index in [1.165, 1.54) is 12.1 Å². The predicted molar refractivity (Wildman–Crippen MR) is 118 cm³/mol. The highest BCUT2D eigenvalue weighted by Gasteiger charge is 2.26. The van der Waals surface area contributed by atoms with Gasteiger partial charge in [0.25, 0.3) is 0 Å². The van der Waals surface area contributed by atoms with Crippen LogP contribution in [0.4, 0.5) is 8.78 Å². The number of carbonyl (C=O) groups is 1. The zero-order valence-corrected chi connectivity index (χ0v) is 18.7. The molecule has 0 spiro atoms. The largest absolute Gasteiger partial charge is 0.357 e. The maximum atomic E-state index is 14.0. The molecule has 1 aliphatic heterocycles. The first-order chi connectivity index (χ1) is 14.4. The molecule has 0 aliphatic carbocycles. The minimum absolute atomic E-state index is 0.127. The molecule has 5 nitrogen and oxygen atoms in total. The summed E-state index contributed by atoms with van der Waals surface area (Å²) < 4.78 is 27.1. The lowest BCUT2D eigenvalue weighted by Gasteiger charge is -2.35. The number of aliphatic imine (C=N–C) groups is 1. The van der Waals surface area contributed by atoms with Gasteiger partial charge in [-0.1, -0.05) is 26.8 Å². The molecule has 0 bridgehead atoms. The lowest BCUT2D eigenvalue weighted by Crippen LogP contribution is -2.50. The van der Waals surface area contributed by atoms with Gasteiger partial charge in [0, 0.05) is 50.1 Å². The Balaban J connectivity index is 1.92. The molecule has 1 amide bonds. The Kier molecular flexibility index (Phi) is 9.53. The summed E-state index contributed by atoms with van der Waals surface area (Å²) in [6.07, 6.45) is 3.52.